The van der Waals surface area contributed by atoms with Crippen molar-refractivity contribution in [3.05, 3.63) is 66.5 Å². The monoisotopic (exact) mass is 321 g/mol. The van der Waals surface area contributed by atoms with Gasteiger partial charge in [-0.25, -0.2) is 12.8 Å². The molecule has 0 saturated carbocycles. The minimum Gasteiger partial charge on any atom is -0.489 e. The molecule has 6 heteroatoms. The first-order valence-electron chi connectivity index (χ1n) is 6.55. The van der Waals surface area contributed by atoms with Crippen LogP contribution < -0.4 is 9.46 Å². The van der Waals surface area contributed by atoms with Crippen LogP contribution in [-0.4, -0.2) is 15.0 Å². The molecule has 2 rings (SSSR count). The van der Waals surface area contributed by atoms with Gasteiger partial charge in [0.15, 0.2) is 0 Å². The number of aryl methyl sites for hydroxylation is 1. The lowest BCUT2D eigenvalue weighted by Gasteiger charge is -2.10. The molecule has 22 heavy (non-hydrogen) atoms. The van der Waals surface area contributed by atoms with Crippen molar-refractivity contribution in [2.24, 2.45) is 0 Å². The molecule has 0 saturated heterocycles. The highest BCUT2D eigenvalue weighted by molar-refractivity contribution is 7.92. The van der Waals surface area contributed by atoms with E-state index in [0.717, 1.165) is 6.07 Å². The van der Waals surface area contributed by atoms with Gasteiger partial charge < -0.3 is 4.74 Å². The van der Waals surface area contributed by atoms with Crippen LogP contribution in [0.2, 0.25) is 0 Å². The smallest absolute Gasteiger partial charge is 0.261 e. The number of hydrogen-bond donors (Lipinski definition) is 1. The molecule has 0 spiro atoms. The number of rotatable bonds is 6. The minimum absolute atomic E-state index is 0.00353. The summed E-state index contributed by atoms with van der Waals surface area (Å²) >= 11 is 0. The van der Waals surface area contributed by atoms with Gasteiger partial charge in [0.1, 0.15) is 18.2 Å². The molecule has 0 amide bonds. The third-order valence-electron chi connectivity index (χ3n) is 2.89. The van der Waals surface area contributed by atoms with Crippen LogP contribution in [0.25, 0.3) is 0 Å². The van der Waals surface area contributed by atoms with Crippen molar-refractivity contribution >= 4 is 15.7 Å². The van der Waals surface area contributed by atoms with Crippen LogP contribution in [0, 0.1) is 12.7 Å². The van der Waals surface area contributed by atoms with E-state index >= 15 is 0 Å². The fraction of sp³-hybridized carbons (Fsp3) is 0.125. The Kier molecular flexibility index (Phi) is 4.82. The molecule has 2 aromatic carbocycles. The quantitative estimate of drug-likeness (QED) is 0.829. The van der Waals surface area contributed by atoms with Crippen molar-refractivity contribution < 1.29 is 17.5 Å². The fourth-order valence-electron chi connectivity index (χ4n) is 1.80. The third-order valence-corrected chi connectivity index (χ3v) is 4.27. The summed E-state index contributed by atoms with van der Waals surface area (Å²) in [4.78, 5) is 0.00353. The van der Waals surface area contributed by atoms with Crippen molar-refractivity contribution in [2.75, 3.05) is 11.3 Å². The number of halogens is 1. The first-order chi connectivity index (χ1) is 10.4. The van der Waals surface area contributed by atoms with Crippen molar-refractivity contribution in [3.8, 4) is 5.75 Å². The molecule has 0 aromatic heterocycles. The lowest BCUT2D eigenvalue weighted by molar-refractivity contribution is 0.363. The zero-order valence-corrected chi connectivity index (χ0v) is 12.9. The van der Waals surface area contributed by atoms with Crippen LogP contribution in [0.4, 0.5) is 10.1 Å². The van der Waals surface area contributed by atoms with Crippen LogP contribution in [0.3, 0.4) is 0 Å². The van der Waals surface area contributed by atoms with Gasteiger partial charge in [0.05, 0.1) is 10.6 Å². The van der Waals surface area contributed by atoms with E-state index in [1.54, 1.807) is 30.3 Å². The summed E-state index contributed by atoms with van der Waals surface area (Å²) < 4.78 is 45.6. The van der Waals surface area contributed by atoms with Crippen LogP contribution in [0.5, 0.6) is 5.75 Å². The summed E-state index contributed by atoms with van der Waals surface area (Å²) in [6.07, 6.45) is 1.60. The van der Waals surface area contributed by atoms with Gasteiger partial charge in [0, 0.05) is 6.07 Å². The second-order valence-electron chi connectivity index (χ2n) is 4.64. The van der Waals surface area contributed by atoms with Gasteiger partial charge in [-0.15, -0.1) is 0 Å². The van der Waals surface area contributed by atoms with Crippen molar-refractivity contribution in [1.82, 2.24) is 0 Å². The van der Waals surface area contributed by atoms with Gasteiger partial charge in [0.2, 0.25) is 0 Å². The molecule has 0 atom stereocenters. The van der Waals surface area contributed by atoms with Crippen LogP contribution in [0.1, 0.15) is 5.56 Å². The van der Waals surface area contributed by atoms with Gasteiger partial charge >= 0.3 is 0 Å². The average Bonchev–Trinajstić information content (AvgIpc) is 2.47. The minimum atomic E-state index is -3.78. The molecule has 0 aliphatic heterocycles. The first kappa shape index (κ1) is 16.0. The summed E-state index contributed by atoms with van der Waals surface area (Å²) in [5, 5.41) is 0. The largest absolute Gasteiger partial charge is 0.489 e. The van der Waals surface area contributed by atoms with Gasteiger partial charge in [-0.2, -0.15) is 0 Å². The standard InChI is InChI=1S/C16H16FNO3S/c1-3-9-21-14-6-4-5-13(11-14)18-22(19,20)15-7-8-16(17)12(2)10-15/h3-8,10-11,18H,1,9H2,2H3. The van der Waals surface area contributed by atoms with Gasteiger partial charge in [-0.1, -0.05) is 18.7 Å². The molecule has 0 aliphatic rings. The number of hydrogen-bond acceptors (Lipinski definition) is 3. The van der Waals surface area contributed by atoms with Crippen LogP contribution in [0.15, 0.2) is 60.0 Å². The Morgan fingerprint density at radius 1 is 1.27 bits per heavy atom. The molecule has 0 fully saturated rings. The maximum Gasteiger partial charge on any atom is 0.261 e. The Balaban J connectivity index is 2.24. The highest BCUT2D eigenvalue weighted by Crippen LogP contribution is 2.22. The van der Waals surface area contributed by atoms with E-state index in [9.17, 15) is 12.8 Å². The van der Waals surface area contributed by atoms with Gasteiger partial charge in [0.25, 0.3) is 10.0 Å². The lowest BCUT2D eigenvalue weighted by atomic mass is 10.2. The van der Waals surface area contributed by atoms with Crippen molar-refractivity contribution in [1.29, 1.82) is 0 Å². The predicted molar refractivity (Wildman–Crippen MR) is 84.1 cm³/mol. The molecular weight excluding hydrogens is 305 g/mol. The van der Waals surface area contributed by atoms with E-state index in [-0.39, 0.29) is 10.5 Å². The maximum atomic E-state index is 13.2. The average molecular weight is 321 g/mol. The SMILES string of the molecule is C=CCOc1cccc(NS(=O)(=O)c2ccc(F)c(C)c2)c1. The molecule has 0 radical (unpaired) electrons. The Hall–Kier alpha value is -2.34. The molecule has 116 valence electrons. The summed E-state index contributed by atoms with van der Waals surface area (Å²) in [5.74, 6) is 0.0779. The molecule has 1 N–H and O–H groups in total. The van der Waals surface area contributed by atoms with E-state index in [0.29, 0.717) is 18.0 Å². The van der Waals surface area contributed by atoms with Crippen LogP contribution in [-0.2, 0) is 10.0 Å². The second-order valence-corrected chi connectivity index (χ2v) is 6.33. The number of sulfonamides is 1. The zero-order valence-electron chi connectivity index (χ0n) is 12.0. The molecule has 0 aliphatic carbocycles. The molecular formula is C16H16FNO3S. The predicted octanol–water partition coefficient (Wildman–Crippen LogP) is 3.50. The number of benzene rings is 2. The summed E-state index contributed by atoms with van der Waals surface area (Å²) in [6, 6.07) is 10.2. The van der Waals surface area contributed by atoms with E-state index < -0.39 is 15.8 Å². The Morgan fingerprint density at radius 3 is 2.73 bits per heavy atom. The van der Waals surface area contributed by atoms with Crippen molar-refractivity contribution in [3.63, 3.8) is 0 Å². The number of nitrogens with one attached hydrogen (secondary N) is 1. The van der Waals surface area contributed by atoms with E-state index in [1.807, 2.05) is 0 Å². The Labute approximate surface area is 129 Å². The first-order valence-corrected chi connectivity index (χ1v) is 8.03. The van der Waals surface area contributed by atoms with Gasteiger partial charge in [-0.05, 0) is 42.8 Å². The highest BCUT2D eigenvalue weighted by Gasteiger charge is 2.15. The maximum absolute atomic E-state index is 13.2. The number of ether oxygens (including phenoxy) is 1. The molecule has 0 unspecified atom stereocenters. The van der Waals surface area contributed by atoms with Crippen molar-refractivity contribution in [2.45, 2.75) is 11.8 Å². The Bertz CT molecular complexity index is 788. The molecule has 4 nitrogen and oxygen atoms in total. The zero-order chi connectivity index (χ0) is 16.2. The summed E-state index contributed by atoms with van der Waals surface area (Å²) in [7, 11) is -3.78. The Morgan fingerprint density at radius 2 is 2.05 bits per heavy atom. The summed E-state index contributed by atoms with van der Waals surface area (Å²) in [6.45, 7) is 5.38. The van der Waals surface area contributed by atoms with E-state index in [2.05, 4.69) is 11.3 Å². The summed E-state index contributed by atoms with van der Waals surface area (Å²) in [5.41, 5.74) is 0.634. The number of anilines is 1. The second kappa shape index (κ2) is 6.62. The molecule has 0 heterocycles. The fourth-order valence-corrected chi connectivity index (χ4v) is 2.94. The third kappa shape index (κ3) is 3.85. The van der Waals surface area contributed by atoms with E-state index in [4.69, 9.17) is 4.74 Å². The van der Waals surface area contributed by atoms with E-state index in [1.165, 1.54) is 19.1 Å². The van der Waals surface area contributed by atoms with Gasteiger partial charge in [-0.3, -0.25) is 4.72 Å². The van der Waals surface area contributed by atoms with Crippen LogP contribution >= 0.6 is 0 Å². The highest BCUT2D eigenvalue weighted by atomic mass is 32.2. The molecule has 2 aromatic rings. The normalized spacial score (nSPS) is 11.0. The topological polar surface area (TPSA) is 55.4 Å². The lowest BCUT2D eigenvalue weighted by Crippen LogP contribution is -2.13. The molecule has 0 bridgehead atoms.